The number of hydrogen-bond acceptors (Lipinski definition) is 4. The van der Waals surface area contributed by atoms with Crippen molar-refractivity contribution < 1.29 is 18.7 Å². The van der Waals surface area contributed by atoms with E-state index in [-0.39, 0.29) is 17.9 Å². The number of amides is 2. The van der Waals surface area contributed by atoms with Crippen LogP contribution in [0.15, 0.2) is 54.2 Å². The van der Waals surface area contributed by atoms with Crippen molar-refractivity contribution in [2.24, 2.45) is 5.92 Å². The molecule has 1 unspecified atom stereocenters. The summed E-state index contributed by atoms with van der Waals surface area (Å²) in [5, 5.41) is 0. The third-order valence-electron chi connectivity index (χ3n) is 5.63. The molecule has 2 aromatic rings. The molecule has 0 bridgehead atoms. The van der Waals surface area contributed by atoms with Crippen molar-refractivity contribution in [3.63, 3.8) is 0 Å². The molecule has 2 aliphatic heterocycles. The van der Waals surface area contributed by atoms with E-state index in [1.54, 1.807) is 0 Å². The Morgan fingerprint density at radius 2 is 1.68 bits per heavy atom. The van der Waals surface area contributed by atoms with Crippen LogP contribution in [0.2, 0.25) is 0 Å². The average Bonchev–Trinajstić information content (AvgIpc) is 2.99. The van der Waals surface area contributed by atoms with Crippen LogP contribution in [0.5, 0.6) is 5.75 Å². The smallest absolute Gasteiger partial charge is 0.282 e. The molecule has 0 N–H and O–H groups in total. The summed E-state index contributed by atoms with van der Waals surface area (Å²) in [4.78, 5) is 30.2. The van der Waals surface area contributed by atoms with E-state index in [4.69, 9.17) is 4.74 Å². The lowest BCUT2D eigenvalue weighted by molar-refractivity contribution is -0.120. The van der Waals surface area contributed by atoms with Crippen molar-refractivity contribution in [2.45, 2.75) is 39.7 Å². The highest BCUT2D eigenvalue weighted by Crippen LogP contribution is 2.37. The molecular formula is C25H27FN2O3. The van der Waals surface area contributed by atoms with Gasteiger partial charge in [-0.3, -0.25) is 9.59 Å². The van der Waals surface area contributed by atoms with Crippen LogP contribution in [0.1, 0.15) is 39.2 Å². The number of carbonyl (C=O) groups excluding carboxylic acids is 2. The number of anilines is 1. The second-order valence-corrected chi connectivity index (χ2v) is 8.53. The first-order chi connectivity index (χ1) is 14.8. The Morgan fingerprint density at radius 3 is 2.29 bits per heavy atom. The van der Waals surface area contributed by atoms with Crippen molar-refractivity contribution >= 4 is 23.1 Å². The molecule has 0 radical (unpaired) electrons. The molecule has 4 rings (SSSR count). The standard InChI is InChI=1S/C25H27FN2O3/c1-16(2)31-21-12-6-18(7-13-21)22-23(27-14-4-5-17(3)15-27)25(30)28(24(22)29)20-10-8-19(26)9-11-20/h6-13,16-17H,4-5,14-15H2,1-3H3. The molecule has 162 valence electrons. The molecule has 2 heterocycles. The number of nitrogens with zero attached hydrogens (tertiary/aromatic N) is 2. The SMILES string of the molecule is CC1CCCN(C2=C(c3ccc(OC(C)C)cc3)C(=O)N(c3ccc(F)cc3)C2=O)C1. The number of hydrogen-bond donors (Lipinski definition) is 0. The normalized spacial score (nSPS) is 19.6. The van der Waals surface area contributed by atoms with Crippen LogP contribution in [0.3, 0.4) is 0 Å². The Bertz CT molecular complexity index is 1010. The maximum Gasteiger partial charge on any atom is 0.282 e. The van der Waals surface area contributed by atoms with E-state index in [1.165, 1.54) is 24.3 Å². The highest BCUT2D eigenvalue weighted by molar-refractivity contribution is 6.45. The average molecular weight is 423 g/mol. The summed E-state index contributed by atoms with van der Waals surface area (Å²) >= 11 is 0. The largest absolute Gasteiger partial charge is 0.491 e. The molecule has 1 atom stereocenters. The number of imide groups is 1. The van der Waals surface area contributed by atoms with Crippen LogP contribution in [-0.2, 0) is 9.59 Å². The summed E-state index contributed by atoms with van der Waals surface area (Å²) in [6.07, 6.45) is 2.11. The number of rotatable bonds is 5. The van der Waals surface area contributed by atoms with Crippen molar-refractivity contribution in [1.82, 2.24) is 4.90 Å². The fourth-order valence-electron chi connectivity index (χ4n) is 4.26. The third kappa shape index (κ3) is 4.20. The zero-order valence-electron chi connectivity index (χ0n) is 18.1. The van der Waals surface area contributed by atoms with Crippen molar-refractivity contribution in [3.05, 3.63) is 65.6 Å². The summed E-state index contributed by atoms with van der Waals surface area (Å²) in [5.74, 6) is -0.0147. The van der Waals surface area contributed by atoms with Crippen LogP contribution in [-0.4, -0.2) is 35.9 Å². The van der Waals surface area contributed by atoms with E-state index in [9.17, 15) is 14.0 Å². The summed E-state index contributed by atoms with van der Waals surface area (Å²) in [7, 11) is 0. The minimum Gasteiger partial charge on any atom is -0.491 e. The van der Waals surface area contributed by atoms with Gasteiger partial charge in [0.25, 0.3) is 11.8 Å². The van der Waals surface area contributed by atoms with Gasteiger partial charge in [-0.2, -0.15) is 0 Å². The molecule has 2 amide bonds. The highest BCUT2D eigenvalue weighted by Gasteiger charge is 2.43. The number of likely N-dealkylation sites (tertiary alicyclic amines) is 1. The van der Waals surface area contributed by atoms with Crippen LogP contribution in [0.4, 0.5) is 10.1 Å². The highest BCUT2D eigenvalue weighted by atomic mass is 19.1. The first kappa shape index (κ1) is 21.1. The zero-order chi connectivity index (χ0) is 22.1. The number of halogens is 1. The van der Waals surface area contributed by atoms with Gasteiger partial charge in [0.2, 0.25) is 0 Å². The molecule has 31 heavy (non-hydrogen) atoms. The minimum absolute atomic E-state index is 0.0409. The third-order valence-corrected chi connectivity index (χ3v) is 5.63. The fraction of sp³-hybridized carbons (Fsp3) is 0.360. The molecule has 0 aromatic heterocycles. The molecule has 0 saturated carbocycles. The predicted octanol–water partition coefficient (Wildman–Crippen LogP) is 4.63. The Labute approximate surface area is 182 Å². The van der Waals surface area contributed by atoms with Crippen LogP contribution >= 0.6 is 0 Å². The molecule has 1 fully saturated rings. The van der Waals surface area contributed by atoms with Gasteiger partial charge in [0.15, 0.2) is 0 Å². The Kier molecular flexibility index (Phi) is 5.81. The number of carbonyl (C=O) groups is 2. The van der Waals surface area contributed by atoms with E-state index in [1.807, 2.05) is 43.0 Å². The van der Waals surface area contributed by atoms with E-state index in [0.29, 0.717) is 34.2 Å². The van der Waals surface area contributed by atoms with Crippen molar-refractivity contribution in [2.75, 3.05) is 18.0 Å². The second kappa shape index (κ2) is 8.53. The lowest BCUT2D eigenvalue weighted by Crippen LogP contribution is -2.39. The lowest BCUT2D eigenvalue weighted by Gasteiger charge is -2.33. The van der Waals surface area contributed by atoms with Crippen molar-refractivity contribution in [3.8, 4) is 5.75 Å². The lowest BCUT2D eigenvalue weighted by atomic mass is 9.97. The van der Waals surface area contributed by atoms with E-state index in [2.05, 4.69) is 6.92 Å². The molecule has 0 aliphatic carbocycles. The summed E-state index contributed by atoms with van der Waals surface area (Å²) in [6, 6.07) is 12.7. The van der Waals surface area contributed by atoms with Gasteiger partial charge in [-0.15, -0.1) is 0 Å². The maximum absolute atomic E-state index is 13.5. The van der Waals surface area contributed by atoms with E-state index in [0.717, 1.165) is 30.8 Å². The summed E-state index contributed by atoms with van der Waals surface area (Å²) in [6.45, 7) is 7.51. The van der Waals surface area contributed by atoms with Gasteiger partial charge in [0.1, 0.15) is 17.3 Å². The minimum atomic E-state index is -0.415. The molecule has 0 spiro atoms. The second-order valence-electron chi connectivity index (χ2n) is 8.53. The van der Waals surface area contributed by atoms with Crippen LogP contribution in [0, 0.1) is 11.7 Å². The molecule has 1 saturated heterocycles. The topological polar surface area (TPSA) is 49.9 Å². The number of ether oxygens (including phenoxy) is 1. The molecule has 2 aliphatic rings. The van der Waals surface area contributed by atoms with Gasteiger partial charge < -0.3 is 9.64 Å². The van der Waals surface area contributed by atoms with Gasteiger partial charge in [-0.25, -0.2) is 9.29 Å². The molecule has 5 nitrogen and oxygen atoms in total. The van der Waals surface area contributed by atoms with Crippen LogP contribution < -0.4 is 9.64 Å². The first-order valence-corrected chi connectivity index (χ1v) is 10.8. The van der Waals surface area contributed by atoms with Gasteiger partial charge in [-0.05, 0) is 74.6 Å². The van der Waals surface area contributed by atoms with Gasteiger partial charge in [0.05, 0.1) is 17.4 Å². The first-order valence-electron chi connectivity index (χ1n) is 10.8. The van der Waals surface area contributed by atoms with Crippen LogP contribution in [0.25, 0.3) is 5.57 Å². The monoisotopic (exact) mass is 422 g/mol. The Morgan fingerprint density at radius 1 is 1.00 bits per heavy atom. The Balaban J connectivity index is 1.77. The van der Waals surface area contributed by atoms with E-state index < -0.39 is 5.82 Å². The maximum atomic E-state index is 13.5. The van der Waals surface area contributed by atoms with E-state index >= 15 is 0 Å². The molecule has 6 heteroatoms. The summed E-state index contributed by atoms with van der Waals surface area (Å²) in [5.41, 5.74) is 1.86. The quantitative estimate of drug-likeness (QED) is 0.660. The number of benzene rings is 2. The van der Waals surface area contributed by atoms with Gasteiger partial charge in [0, 0.05) is 13.1 Å². The van der Waals surface area contributed by atoms with Gasteiger partial charge in [-0.1, -0.05) is 19.1 Å². The molecule has 2 aromatic carbocycles. The Hall–Kier alpha value is -3.15. The fourth-order valence-corrected chi connectivity index (χ4v) is 4.26. The predicted molar refractivity (Wildman–Crippen MR) is 118 cm³/mol. The van der Waals surface area contributed by atoms with Gasteiger partial charge >= 0.3 is 0 Å². The zero-order valence-corrected chi connectivity index (χ0v) is 18.1. The molecular weight excluding hydrogens is 395 g/mol. The summed E-state index contributed by atoms with van der Waals surface area (Å²) < 4.78 is 19.1. The van der Waals surface area contributed by atoms with Crippen molar-refractivity contribution in [1.29, 1.82) is 0 Å². The number of piperidine rings is 1.